The molecular weight excluding hydrogens is 346 g/mol. The van der Waals surface area contributed by atoms with Crippen molar-refractivity contribution in [2.75, 3.05) is 31.1 Å². The molecule has 0 spiro atoms. The number of nitro groups is 1. The Morgan fingerprint density at radius 2 is 1.93 bits per heavy atom. The van der Waals surface area contributed by atoms with E-state index in [1.165, 1.54) is 6.07 Å². The number of nitro benzene ring substituents is 1. The van der Waals surface area contributed by atoms with E-state index in [1.807, 2.05) is 42.2 Å². The van der Waals surface area contributed by atoms with Crippen LogP contribution in [0.4, 0.5) is 11.4 Å². The fraction of sp³-hybridized carbons (Fsp3) is 0.400. The van der Waals surface area contributed by atoms with Crippen LogP contribution < -0.4 is 9.64 Å². The summed E-state index contributed by atoms with van der Waals surface area (Å²) in [6.45, 7) is 4.81. The number of fused-ring (bicyclic) bond motifs is 1. The molecule has 0 bridgehead atoms. The van der Waals surface area contributed by atoms with Gasteiger partial charge in [0.25, 0.3) is 5.69 Å². The number of para-hydroxylation sites is 1. The van der Waals surface area contributed by atoms with E-state index in [-0.39, 0.29) is 22.8 Å². The highest BCUT2D eigenvalue weighted by Crippen LogP contribution is 2.40. The third-order valence-corrected chi connectivity index (χ3v) is 5.53. The molecule has 142 valence electrons. The minimum absolute atomic E-state index is 0.0245. The molecular formula is C20H23N3O4. The van der Waals surface area contributed by atoms with E-state index >= 15 is 0 Å². The van der Waals surface area contributed by atoms with E-state index in [9.17, 15) is 15.2 Å². The lowest BCUT2D eigenvalue weighted by Gasteiger charge is -2.40. The molecule has 0 unspecified atom stereocenters. The number of hydrogen-bond acceptors (Lipinski definition) is 6. The molecule has 2 aliphatic heterocycles. The number of ether oxygens (including phenoxy) is 1. The molecule has 0 aromatic heterocycles. The van der Waals surface area contributed by atoms with Crippen LogP contribution in [0.3, 0.4) is 0 Å². The highest BCUT2D eigenvalue weighted by Gasteiger charge is 2.39. The van der Waals surface area contributed by atoms with Crippen LogP contribution in [0, 0.1) is 17.0 Å². The van der Waals surface area contributed by atoms with Gasteiger partial charge in [-0.25, -0.2) is 0 Å². The van der Waals surface area contributed by atoms with E-state index < -0.39 is 0 Å². The number of piperazine rings is 1. The van der Waals surface area contributed by atoms with Crippen LogP contribution in [-0.2, 0) is 0 Å². The third kappa shape index (κ3) is 3.36. The predicted molar refractivity (Wildman–Crippen MR) is 103 cm³/mol. The summed E-state index contributed by atoms with van der Waals surface area (Å²) in [5.74, 6) is 1.30. The lowest BCUT2D eigenvalue weighted by Crippen LogP contribution is -2.53. The molecule has 1 N–H and O–H groups in total. The van der Waals surface area contributed by atoms with Crippen LogP contribution >= 0.6 is 0 Å². The van der Waals surface area contributed by atoms with Crippen molar-refractivity contribution in [3.63, 3.8) is 0 Å². The normalized spacial score (nSPS) is 22.5. The molecule has 2 atom stereocenters. The van der Waals surface area contributed by atoms with Gasteiger partial charge >= 0.3 is 0 Å². The van der Waals surface area contributed by atoms with Crippen LogP contribution in [0.15, 0.2) is 42.5 Å². The fourth-order valence-corrected chi connectivity index (χ4v) is 4.12. The molecule has 2 fully saturated rings. The van der Waals surface area contributed by atoms with Crippen molar-refractivity contribution in [2.24, 2.45) is 0 Å². The molecule has 27 heavy (non-hydrogen) atoms. The first-order chi connectivity index (χ1) is 13.0. The molecule has 0 saturated carbocycles. The largest absolute Gasteiger partial charge is 0.457 e. The van der Waals surface area contributed by atoms with Gasteiger partial charge in [0.1, 0.15) is 17.2 Å². The van der Waals surface area contributed by atoms with Crippen LogP contribution in [0.1, 0.15) is 12.0 Å². The maximum atomic E-state index is 11.7. The highest BCUT2D eigenvalue weighted by atomic mass is 16.6. The Hall–Kier alpha value is -2.64. The second-order valence-corrected chi connectivity index (χ2v) is 7.13. The van der Waals surface area contributed by atoms with Gasteiger partial charge in [-0.05, 0) is 31.5 Å². The van der Waals surface area contributed by atoms with Crippen molar-refractivity contribution in [1.82, 2.24) is 4.90 Å². The van der Waals surface area contributed by atoms with E-state index in [4.69, 9.17) is 4.74 Å². The van der Waals surface area contributed by atoms with Crippen molar-refractivity contribution in [3.8, 4) is 11.5 Å². The van der Waals surface area contributed by atoms with Crippen molar-refractivity contribution in [2.45, 2.75) is 25.5 Å². The topological polar surface area (TPSA) is 79.1 Å². The van der Waals surface area contributed by atoms with Gasteiger partial charge in [0, 0.05) is 37.8 Å². The standard InChI is InChI=1S/C20H23N3O4/c1-14-19(27-15-5-3-2-4-6-15)8-7-16(23(25)26)20(14)22-12-11-21-10-9-18(24)17(21)13-22/h2-8,17-18,24H,9-13H2,1H3/t17-,18-/m0/s1. The predicted octanol–water partition coefficient (Wildman–Crippen LogP) is 2.95. The number of benzene rings is 2. The maximum absolute atomic E-state index is 11.7. The molecule has 7 heteroatoms. The summed E-state index contributed by atoms with van der Waals surface area (Å²) in [7, 11) is 0. The van der Waals surface area contributed by atoms with Gasteiger partial charge in [0.05, 0.1) is 17.1 Å². The summed E-state index contributed by atoms with van der Waals surface area (Å²) in [6.07, 6.45) is 0.382. The summed E-state index contributed by atoms with van der Waals surface area (Å²) in [5.41, 5.74) is 1.41. The minimum Gasteiger partial charge on any atom is -0.457 e. The Balaban J connectivity index is 1.69. The van der Waals surface area contributed by atoms with Crippen LogP contribution in [0.2, 0.25) is 0 Å². The number of aliphatic hydroxyl groups excluding tert-OH is 1. The average Bonchev–Trinajstić information content (AvgIpc) is 3.04. The average molecular weight is 369 g/mol. The summed E-state index contributed by atoms with van der Waals surface area (Å²) in [4.78, 5) is 15.6. The Kier molecular flexibility index (Phi) is 4.72. The van der Waals surface area contributed by atoms with Gasteiger partial charge in [-0.1, -0.05) is 18.2 Å². The molecule has 0 aliphatic carbocycles. The monoisotopic (exact) mass is 369 g/mol. The number of aliphatic hydroxyl groups is 1. The molecule has 7 nitrogen and oxygen atoms in total. The van der Waals surface area contributed by atoms with Crippen molar-refractivity contribution < 1.29 is 14.8 Å². The fourth-order valence-electron chi connectivity index (χ4n) is 4.12. The first-order valence-corrected chi connectivity index (χ1v) is 9.22. The van der Waals surface area contributed by atoms with Crippen molar-refractivity contribution in [1.29, 1.82) is 0 Å². The van der Waals surface area contributed by atoms with Crippen LogP contribution in [-0.4, -0.2) is 53.3 Å². The summed E-state index contributed by atoms with van der Waals surface area (Å²) in [5, 5.41) is 21.9. The Morgan fingerprint density at radius 3 is 2.67 bits per heavy atom. The SMILES string of the molecule is Cc1c(Oc2ccccc2)ccc([N+](=O)[O-])c1N1CCN2CC[C@H](O)[C@@H]2C1. The smallest absolute Gasteiger partial charge is 0.293 e. The molecule has 2 aromatic carbocycles. The van der Waals surface area contributed by atoms with E-state index in [0.29, 0.717) is 30.3 Å². The van der Waals surface area contributed by atoms with E-state index in [0.717, 1.165) is 25.1 Å². The Morgan fingerprint density at radius 1 is 1.15 bits per heavy atom. The van der Waals surface area contributed by atoms with E-state index in [2.05, 4.69) is 4.90 Å². The number of hydrogen-bond donors (Lipinski definition) is 1. The zero-order valence-electron chi connectivity index (χ0n) is 15.2. The molecule has 4 rings (SSSR count). The Bertz CT molecular complexity index is 843. The summed E-state index contributed by atoms with van der Waals surface area (Å²) in [6, 6.07) is 12.6. The number of rotatable bonds is 4. The maximum Gasteiger partial charge on any atom is 0.293 e. The second kappa shape index (κ2) is 7.17. The lowest BCUT2D eigenvalue weighted by atomic mass is 10.1. The summed E-state index contributed by atoms with van der Waals surface area (Å²) >= 11 is 0. The molecule has 2 aliphatic rings. The highest BCUT2D eigenvalue weighted by molar-refractivity contribution is 5.72. The third-order valence-electron chi connectivity index (χ3n) is 5.53. The van der Waals surface area contributed by atoms with Crippen LogP contribution in [0.25, 0.3) is 0 Å². The first kappa shape index (κ1) is 17.8. The molecule has 2 heterocycles. The number of nitrogens with zero attached hydrogens (tertiary/aromatic N) is 3. The van der Waals surface area contributed by atoms with Gasteiger partial charge in [-0.2, -0.15) is 0 Å². The molecule has 0 amide bonds. The van der Waals surface area contributed by atoms with Gasteiger partial charge in [-0.3, -0.25) is 15.0 Å². The zero-order chi connectivity index (χ0) is 19.0. The van der Waals surface area contributed by atoms with Crippen molar-refractivity contribution in [3.05, 3.63) is 58.1 Å². The number of anilines is 1. The van der Waals surface area contributed by atoms with Gasteiger partial charge in [0.15, 0.2) is 0 Å². The molecule has 2 aromatic rings. The quantitative estimate of drug-likeness (QED) is 0.659. The zero-order valence-corrected chi connectivity index (χ0v) is 15.2. The van der Waals surface area contributed by atoms with Crippen LogP contribution in [0.5, 0.6) is 11.5 Å². The van der Waals surface area contributed by atoms with Gasteiger partial charge in [-0.15, -0.1) is 0 Å². The molecule has 0 radical (unpaired) electrons. The minimum atomic E-state index is -0.379. The lowest BCUT2D eigenvalue weighted by molar-refractivity contribution is -0.384. The first-order valence-electron chi connectivity index (χ1n) is 9.22. The van der Waals surface area contributed by atoms with E-state index in [1.54, 1.807) is 6.07 Å². The molecule has 2 saturated heterocycles. The van der Waals surface area contributed by atoms with Gasteiger partial charge in [0.2, 0.25) is 0 Å². The Labute approximate surface area is 157 Å². The summed E-state index contributed by atoms with van der Waals surface area (Å²) < 4.78 is 5.97. The second-order valence-electron chi connectivity index (χ2n) is 7.13. The van der Waals surface area contributed by atoms with Gasteiger partial charge < -0.3 is 14.7 Å². The van der Waals surface area contributed by atoms with Crippen molar-refractivity contribution >= 4 is 11.4 Å².